The molecule has 0 atom stereocenters. The van der Waals surface area contributed by atoms with E-state index in [4.69, 9.17) is 4.98 Å². The van der Waals surface area contributed by atoms with Crippen LogP contribution in [0.4, 0.5) is 4.39 Å². The van der Waals surface area contributed by atoms with Crippen LogP contribution in [-0.2, 0) is 6.42 Å². The number of para-hydroxylation sites is 1. The number of fused-ring (bicyclic) bond motifs is 7. The number of rotatable bonds is 1. The molecule has 7 rings (SSSR count). The van der Waals surface area contributed by atoms with Crippen LogP contribution in [0.3, 0.4) is 0 Å². The molecule has 0 bridgehead atoms. The maximum atomic E-state index is 15.5. The first kappa shape index (κ1) is 19.7. The zero-order chi connectivity index (χ0) is 23.4. The van der Waals surface area contributed by atoms with Gasteiger partial charge in [-0.1, -0.05) is 57.2 Å². The van der Waals surface area contributed by atoms with Gasteiger partial charge in [0.2, 0.25) is 0 Å². The van der Waals surface area contributed by atoms with E-state index >= 15 is 4.39 Å². The molecule has 3 aromatic heterocycles. The first-order valence-electron chi connectivity index (χ1n) is 11.9. The van der Waals surface area contributed by atoms with Crippen molar-refractivity contribution in [3.63, 3.8) is 0 Å². The van der Waals surface area contributed by atoms with Crippen LogP contribution >= 0.6 is 0 Å². The van der Waals surface area contributed by atoms with Gasteiger partial charge in [-0.15, -0.1) is 0 Å². The summed E-state index contributed by atoms with van der Waals surface area (Å²) in [6.45, 7) is 9.02. The third-order valence-electron chi connectivity index (χ3n) is 7.26. The molecule has 0 amide bonds. The molecule has 0 aliphatic heterocycles. The van der Waals surface area contributed by atoms with Gasteiger partial charge in [0.15, 0.2) is 0 Å². The average molecular weight is 445 g/mol. The lowest BCUT2D eigenvalue weighted by molar-refractivity contribution is 0.411. The van der Waals surface area contributed by atoms with Gasteiger partial charge in [0.25, 0.3) is 0 Å². The highest BCUT2D eigenvalue weighted by Crippen LogP contribution is 2.43. The minimum Gasteiger partial charge on any atom is -0.307 e. The van der Waals surface area contributed by atoms with Gasteiger partial charge in [-0.05, 0) is 70.3 Å². The second-order valence-corrected chi connectivity index (χ2v) is 10.9. The van der Waals surface area contributed by atoms with Gasteiger partial charge >= 0.3 is 0 Å². The Morgan fingerprint density at radius 3 is 2.47 bits per heavy atom. The topological polar surface area (TPSA) is 17.3 Å². The molecule has 0 saturated carbocycles. The number of hydrogen-bond acceptors (Lipinski definition) is 1. The molecule has 0 aliphatic carbocycles. The first-order valence-corrected chi connectivity index (χ1v) is 11.9. The van der Waals surface area contributed by atoms with Crippen molar-refractivity contribution in [1.29, 1.82) is 0 Å². The monoisotopic (exact) mass is 444 g/mol. The largest absolute Gasteiger partial charge is 0.307 e. The maximum Gasteiger partial charge on any atom is 0.133 e. The fourth-order valence-corrected chi connectivity index (χ4v) is 6.03. The predicted molar refractivity (Wildman–Crippen MR) is 142 cm³/mol. The second-order valence-electron chi connectivity index (χ2n) is 10.9. The molecule has 0 spiro atoms. The Hall–Kier alpha value is -3.72. The van der Waals surface area contributed by atoms with Gasteiger partial charge < -0.3 is 4.40 Å². The molecule has 2 nitrogen and oxygen atoms in total. The van der Waals surface area contributed by atoms with Gasteiger partial charge in [-0.3, -0.25) is 4.98 Å². The summed E-state index contributed by atoms with van der Waals surface area (Å²) in [5, 5.41) is 7.13. The zero-order valence-electron chi connectivity index (χ0n) is 19.8. The van der Waals surface area contributed by atoms with Crippen LogP contribution in [0.15, 0.2) is 66.9 Å². The van der Waals surface area contributed by atoms with Crippen LogP contribution < -0.4 is 0 Å². The average Bonchev–Trinajstić information content (AvgIpc) is 3.14. The second kappa shape index (κ2) is 6.44. The van der Waals surface area contributed by atoms with Crippen molar-refractivity contribution in [1.82, 2.24) is 9.38 Å². The molecular formula is C31H25FN2. The van der Waals surface area contributed by atoms with E-state index in [0.29, 0.717) is 5.39 Å². The molecule has 7 aromatic rings. The standard InChI is InChI=1S/C31H25FN2/c1-17-21-10-9-18(16-31(2,3)4)13-20(21)14-23-28-26-19(11-12-33-28)15-24(32)27-22-7-5-6-8-25(22)34(29(17)23)30(26)27/h5-15H,16H2,1-4H3. The Balaban J connectivity index is 1.76. The molecule has 0 aliphatic rings. The number of pyridine rings is 2. The molecule has 0 unspecified atom stereocenters. The van der Waals surface area contributed by atoms with Crippen molar-refractivity contribution in [3.05, 3.63) is 83.8 Å². The zero-order valence-corrected chi connectivity index (χ0v) is 19.8. The normalized spacial score (nSPS) is 13.0. The van der Waals surface area contributed by atoms with Crippen LogP contribution in [0.1, 0.15) is 31.9 Å². The fourth-order valence-electron chi connectivity index (χ4n) is 6.03. The Morgan fingerprint density at radius 1 is 0.824 bits per heavy atom. The van der Waals surface area contributed by atoms with Crippen molar-refractivity contribution >= 4 is 59.8 Å². The van der Waals surface area contributed by atoms with Crippen LogP contribution in [0.25, 0.3) is 59.8 Å². The number of aromatic nitrogens is 2. The lowest BCUT2D eigenvalue weighted by Gasteiger charge is -2.19. The Labute approximate surface area is 197 Å². The van der Waals surface area contributed by atoms with E-state index in [2.05, 4.69) is 62.4 Å². The van der Waals surface area contributed by atoms with Crippen molar-refractivity contribution in [3.8, 4) is 0 Å². The molecule has 3 heterocycles. The number of nitrogens with zero attached hydrogens (tertiary/aromatic N) is 2. The number of aryl methyl sites for hydroxylation is 1. The summed E-state index contributed by atoms with van der Waals surface area (Å²) in [4.78, 5) is 4.86. The molecule has 0 saturated heterocycles. The molecule has 4 aromatic carbocycles. The summed E-state index contributed by atoms with van der Waals surface area (Å²) in [6, 6.07) is 20.9. The van der Waals surface area contributed by atoms with Crippen molar-refractivity contribution in [2.45, 2.75) is 34.1 Å². The van der Waals surface area contributed by atoms with E-state index in [1.807, 2.05) is 24.3 Å². The fraction of sp³-hybridized carbons (Fsp3) is 0.194. The molecule has 0 N–H and O–H groups in total. The third kappa shape index (κ3) is 2.53. The summed E-state index contributed by atoms with van der Waals surface area (Å²) in [7, 11) is 0. The molecule has 0 radical (unpaired) electrons. The van der Waals surface area contributed by atoms with Gasteiger partial charge in [-0.2, -0.15) is 0 Å². The van der Waals surface area contributed by atoms with Crippen molar-refractivity contribution in [2.24, 2.45) is 5.41 Å². The molecule has 3 heteroatoms. The number of halogens is 1. The number of hydrogen-bond donors (Lipinski definition) is 0. The molecule has 34 heavy (non-hydrogen) atoms. The SMILES string of the molecule is Cc1c2ccc(CC(C)(C)C)cc2cc2c3nccc4cc(F)c5c6ccccc6n(c12)c5c43. The van der Waals surface area contributed by atoms with Gasteiger partial charge in [-0.25, -0.2) is 4.39 Å². The summed E-state index contributed by atoms with van der Waals surface area (Å²) in [5.41, 5.74) is 6.79. The Kier molecular flexibility index (Phi) is 3.74. The van der Waals surface area contributed by atoms with Crippen molar-refractivity contribution < 1.29 is 4.39 Å². The van der Waals surface area contributed by atoms with Crippen LogP contribution in [0, 0.1) is 18.2 Å². The van der Waals surface area contributed by atoms with Crippen molar-refractivity contribution in [2.75, 3.05) is 0 Å². The van der Waals surface area contributed by atoms with Crippen LogP contribution in [-0.4, -0.2) is 9.38 Å². The molecule has 0 fully saturated rings. The minimum atomic E-state index is -0.177. The predicted octanol–water partition coefficient (Wildman–Crippen LogP) is 8.57. The van der Waals surface area contributed by atoms with Gasteiger partial charge in [0, 0.05) is 27.7 Å². The van der Waals surface area contributed by atoms with Gasteiger partial charge in [0.1, 0.15) is 5.82 Å². The Morgan fingerprint density at radius 2 is 1.65 bits per heavy atom. The van der Waals surface area contributed by atoms with Crippen LogP contribution in [0.5, 0.6) is 0 Å². The van der Waals surface area contributed by atoms with E-state index in [-0.39, 0.29) is 11.2 Å². The maximum absolute atomic E-state index is 15.5. The van der Waals surface area contributed by atoms with Gasteiger partial charge in [0.05, 0.1) is 22.1 Å². The summed E-state index contributed by atoms with van der Waals surface area (Å²) in [5.74, 6) is -0.177. The minimum absolute atomic E-state index is 0.177. The smallest absolute Gasteiger partial charge is 0.133 e. The lowest BCUT2D eigenvalue weighted by atomic mass is 9.87. The third-order valence-corrected chi connectivity index (χ3v) is 7.26. The van der Waals surface area contributed by atoms with Crippen LogP contribution in [0.2, 0.25) is 0 Å². The number of benzene rings is 4. The lowest BCUT2D eigenvalue weighted by Crippen LogP contribution is -2.09. The highest BCUT2D eigenvalue weighted by molar-refractivity contribution is 6.29. The van der Waals surface area contributed by atoms with E-state index in [1.54, 1.807) is 12.3 Å². The summed E-state index contributed by atoms with van der Waals surface area (Å²) in [6.07, 6.45) is 2.83. The summed E-state index contributed by atoms with van der Waals surface area (Å²) < 4.78 is 17.8. The summed E-state index contributed by atoms with van der Waals surface area (Å²) >= 11 is 0. The van der Waals surface area contributed by atoms with E-state index in [0.717, 1.165) is 50.0 Å². The first-order chi connectivity index (χ1) is 16.3. The van der Waals surface area contributed by atoms with E-state index < -0.39 is 0 Å². The highest BCUT2D eigenvalue weighted by atomic mass is 19.1. The Bertz CT molecular complexity index is 1940. The molecule has 166 valence electrons. The highest BCUT2D eigenvalue weighted by Gasteiger charge is 2.23. The quantitative estimate of drug-likeness (QED) is 0.183. The van der Waals surface area contributed by atoms with E-state index in [1.165, 1.54) is 21.9 Å². The van der Waals surface area contributed by atoms with E-state index in [9.17, 15) is 0 Å². The molecular weight excluding hydrogens is 419 g/mol.